The third kappa shape index (κ3) is 44.2. The van der Waals surface area contributed by atoms with Crippen molar-refractivity contribution in [1.29, 1.82) is 0 Å². The van der Waals surface area contributed by atoms with Crippen LogP contribution in [0, 0.1) is 0 Å². The molecule has 5 saturated heterocycles. The van der Waals surface area contributed by atoms with Crippen LogP contribution in [-0.2, 0) is 39.9 Å². The summed E-state index contributed by atoms with van der Waals surface area (Å²) in [7, 11) is 0. The molecule has 1 aromatic rings. The SMILES string of the molecule is CCC1CCCNC(=O)N1.CCC1CCNC(=O)N1.CCC1CNC(=O)N1.CCCC1CCNC(=O)N1.CCCC1CNC(=O)N1.NCCCOCCOCCOCCCNC(=O)CCC(=O)NC(CCN=C(N)N)C(=O)N(CCC(=O)O)Cc1ccc(Br)cc1. The first-order valence-electron chi connectivity index (χ1n) is 32.3. The van der Waals surface area contributed by atoms with Gasteiger partial charge in [0, 0.05) is 120 Å². The third-order valence-electron chi connectivity index (χ3n) is 14.2. The number of carbonyl (C=O) groups is 9. The van der Waals surface area contributed by atoms with E-state index in [2.05, 4.69) is 119 Å². The smallest absolute Gasteiger partial charge is 0.315 e. The highest BCUT2D eigenvalue weighted by atomic mass is 79.9. The number of ether oxygens (including phenoxy) is 3. The molecule has 0 aliphatic carbocycles. The fraction of sp³-hybridized carbons (Fsp3) is 0.733. The monoisotopic (exact) mass is 1360 g/mol. The highest BCUT2D eigenvalue weighted by Gasteiger charge is 2.27. The molecule has 5 aliphatic rings. The second-order valence-electron chi connectivity index (χ2n) is 21.8. The largest absolute Gasteiger partial charge is 0.481 e. The lowest BCUT2D eigenvalue weighted by molar-refractivity contribution is -0.140. The van der Waals surface area contributed by atoms with Crippen LogP contribution in [0.5, 0.6) is 0 Å². The summed E-state index contributed by atoms with van der Waals surface area (Å²) in [5.74, 6) is -2.54. The molecule has 520 valence electrons. The van der Waals surface area contributed by atoms with Crippen LogP contribution in [-0.4, -0.2) is 205 Å². The molecule has 0 bridgehead atoms. The molecule has 13 amide bonds. The topological polar surface area (TPSA) is 440 Å². The van der Waals surface area contributed by atoms with E-state index in [1.165, 1.54) is 4.90 Å². The molecule has 6 atom stereocenters. The molecule has 5 fully saturated rings. The molecule has 0 aromatic heterocycles. The number of nitrogens with zero attached hydrogens (tertiary/aromatic N) is 2. The van der Waals surface area contributed by atoms with Crippen molar-refractivity contribution in [3.63, 3.8) is 0 Å². The summed E-state index contributed by atoms with van der Waals surface area (Å²) in [4.78, 5) is 108. The van der Waals surface area contributed by atoms with Crippen molar-refractivity contribution in [3.8, 4) is 0 Å². The molecule has 19 N–H and O–H groups in total. The minimum atomic E-state index is -1.06. The molecular weight excluding hydrogens is 1250 g/mol. The maximum absolute atomic E-state index is 13.5. The summed E-state index contributed by atoms with van der Waals surface area (Å²) in [6.07, 6.45) is 12.9. The van der Waals surface area contributed by atoms with Gasteiger partial charge in [-0.05, 0) is 101 Å². The molecular formula is C60H110BrN17O13. The van der Waals surface area contributed by atoms with Crippen molar-refractivity contribution in [3.05, 3.63) is 34.3 Å². The zero-order chi connectivity index (χ0) is 67.4. The molecule has 1 aromatic carbocycles. The molecule has 6 unspecified atom stereocenters. The molecule has 31 heteroatoms. The summed E-state index contributed by atoms with van der Waals surface area (Å²) in [6, 6.07) is 8.07. The number of aliphatic imine (C=N–C) groups is 1. The van der Waals surface area contributed by atoms with Gasteiger partial charge in [-0.1, -0.05) is 75.5 Å². The van der Waals surface area contributed by atoms with Crippen LogP contribution < -0.4 is 81.0 Å². The summed E-state index contributed by atoms with van der Waals surface area (Å²) >= 11 is 3.36. The molecule has 0 radical (unpaired) electrons. The summed E-state index contributed by atoms with van der Waals surface area (Å²) in [5, 5.41) is 42.3. The van der Waals surface area contributed by atoms with Crippen LogP contribution in [0.4, 0.5) is 24.0 Å². The predicted octanol–water partition coefficient (Wildman–Crippen LogP) is 2.82. The van der Waals surface area contributed by atoms with Gasteiger partial charge in [-0.3, -0.25) is 24.2 Å². The number of carbonyl (C=O) groups excluding carboxylic acids is 8. The van der Waals surface area contributed by atoms with E-state index < -0.39 is 23.8 Å². The number of aliphatic carboxylic acids is 1. The highest BCUT2D eigenvalue weighted by molar-refractivity contribution is 9.10. The summed E-state index contributed by atoms with van der Waals surface area (Å²) in [5.41, 5.74) is 17.0. The van der Waals surface area contributed by atoms with Crippen molar-refractivity contribution >= 4 is 75.7 Å². The van der Waals surface area contributed by atoms with Crippen LogP contribution in [0.1, 0.15) is 149 Å². The van der Waals surface area contributed by atoms with Gasteiger partial charge in [0.05, 0.1) is 32.8 Å². The van der Waals surface area contributed by atoms with E-state index in [1.54, 1.807) is 12.1 Å². The highest BCUT2D eigenvalue weighted by Crippen LogP contribution is 2.15. The zero-order valence-corrected chi connectivity index (χ0v) is 56.0. The van der Waals surface area contributed by atoms with E-state index >= 15 is 0 Å². The van der Waals surface area contributed by atoms with Crippen molar-refractivity contribution in [2.24, 2.45) is 22.2 Å². The molecule has 5 heterocycles. The Morgan fingerprint density at radius 2 is 1.11 bits per heavy atom. The third-order valence-corrected chi connectivity index (χ3v) is 14.7. The number of urea groups is 5. The quantitative estimate of drug-likeness (QED) is 0.0273. The van der Waals surface area contributed by atoms with Gasteiger partial charge in [0.1, 0.15) is 6.04 Å². The van der Waals surface area contributed by atoms with Crippen LogP contribution in [0.15, 0.2) is 33.7 Å². The van der Waals surface area contributed by atoms with Gasteiger partial charge in [0.2, 0.25) is 17.7 Å². The van der Waals surface area contributed by atoms with Gasteiger partial charge in [-0.15, -0.1) is 0 Å². The Bertz CT molecular complexity index is 2260. The number of nitrogens with two attached hydrogens (primary N) is 3. The minimum absolute atomic E-state index is 0.00954. The van der Waals surface area contributed by atoms with Crippen molar-refractivity contribution in [2.75, 3.05) is 98.5 Å². The molecule has 0 spiro atoms. The second-order valence-corrected chi connectivity index (χ2v) is 22.8. The Balaban J connectivity index is 0.000000701. The number of carboxylic acids is 1. The average molecular weight is 1360 g/mol. The van der Waals surface area contributed by atoms with E-state index in [-0.39, 0.29) is 87.3 Å². The van der Waals surface area contributed by atoms with Gasteiger partial charge in [-0.2, -0.15) is 0 Å². The number of benzene rings is 1. The number of halogens is 1. The van der Waals surface area contributed by atoms with Crippen LogP contribution in [0.3, 0.4) is 0 Å². The van der Waals surface area contributed by atoms with Crippen molar-refractivity contribution < 1.29 is 62.5 Å². The normalized spacial score (nSPS) is 18.9. The van der Waals surface area contributed by atoms with Crippen LogP contribution in [0.25, 0.3) is 0 Å². The number of rotatable bonds is 33. The molecule has 91 heavy (non-hydrogen) atoms. The first kappa shape index (κ1) is 82.1. The maximum Gasteiger partial charge on any atom is 0.315 e. The molecule has 6 rings (SSSR count). The Morgan fingerprint density at radius 1 is 0.626 bits per heavy atom. The van der Waals surface area contributed by atoms with Gasteiger partial charge in [0.15, 0.2) is 5.96 Å². The Hall–Kier alpha value is -6.96. The number of carboxylic acid groups (broad SMARTS) is 1. The minimum Gasteiger partial charge on any atom is -0.481 e. The molecule has 0 saturated carbocycles. The van der Waals surface area contributed by atoms with Crippen molar-refractivity contribution in [1.82, 2.24) is 68.7 Å². The molecule has 30 nitrogen and oxygen atoms in total. The Kier molecular flexibility index (Phi) is 47.5. The van der Waals surface area contributed by atoms with E-state index in [0.29, 0.717) is 89.4 Å². The summed E-state index contributed by atoms with van der Waals surface area (Å²) in [6.45, 7) is 18.6. The van der Waals surface area contributed by atoms with Gasteiger partial charge >= 0.3 is 36.1 Å². The summed E-state index contributed by atoms with van der Waals surface area (Å²) < 4.78 is 17.1. The standard InChI is InChI=1S/C29H48BrN7O8.2C7H14N2O.2C6H12N2O.C5H10N2O/c30-23-5-3-22(4-6-23)21-37(14-10-27(40)41)28(42)24(9-13-35-29(32)33)36-26(39)8-7-25(38)34-12-2-16-44-18-20-45-19-17-43-15-1-11-31;1-2-6-4-3-5-8-7(10)9-6;1-2-3-6-4-5-8-7(10)9-6;1-2-5-3-4-7-6(9)8-5;1-2-3-5-4-7-6(9)8-5;1-2-4-3-6-5(8)7-4/h3-6,24H,1-2,7-21,31H2,(H,34,38)(H,36,39)(H,40,41)(H4,32,33,35);2*6H,2-5H2,1H3,(H2,8,9,10);2*5H,2-4H2,1H3,(H2,7,8,9);4H,2-3H2,1H3,(H2,6,7,8). The van der Waals surface area contributed by atoms with E-state index in [0.717, 1.165) is 120 Å². The Labute approximate surface area is 546 Å². The second kappa shape index (κ2) is 52.6. The van der Waals surface area contributed by atoms with E-state index in [9.17, 15) is 48.3 Å². The fourth-order valence-electron chi connectivity index (χ4n) is 8.97. The van der Waals surface area contributed by atoms with Gasteiger partial charge < -0.3 is 105 Å². The zero-order valence-electron chi connectivity index (χ0n) is 54.5. The Morgan fingerprint density at radius 3 is 1.63 bits per heavy atom. The average Bonchev–Trinajstić information content (AvgIpc) is 4.34. The number of hydrogen-bond acceptors (Lipinski definition) is 14. The lowest BCUT2D eigenvalue weighted by Crippen LogP contribution is -2.49. The lowest BCUT2D eigenvalue weighted by Gasteiger charge is -2.27. The molecule has 5 aliphatic heterocycles. The number of hydrogen-bond donors (Lipinski definition) is 16. The number of amides is 13. The number of guanidine groups is 1. The van der Waals surface area contributed by atoms with E-state index in [4.69, 9.17) is 31.4 Å². The van der Waals surface area contributed by atoms with Gasteiger partial charge in [-0.25, -0.2) is 24.0 Å². The predicted molar refractivity (Wildman–Crippen MR) is 353 cm³/mol. The first-order valence-corrected chi connectivity index (χ1v) is 33.1. The van der Waals surface area contributed by atoms with E-state index in [1.807, 2.05) is 12.1 Å². The van der Waals surface area contributed by atoms with Crippen LogP contribution >= 0.6 is 15.9 Å². The van der Waals surface area contributed by atoms with Crippen LogP contribution in [0.2, 0.25) is 0 Å². The fourth-order valence-corrected chi connectivity index (χ4v) is 9.23. The number of nitrogens with one attached hydrogen (secondary N) is 12. The van der Waals surface area contributed by atoms with Gasteiger partial charge in [0.25, 0.3) is 0 Å². The first-order chi connectivity index (χ1) is 43.7. The maximum atomic E-state index is 13.5. The lowest BCUT2D eigenvalue weighted by atomic mass is 10.1. The van der Waals surface area contributed by atoms with Crippen molar-refractivity contribution in [2.45, 2.75) is 187 Å².